The van der Waals surface area contributed by atoms with Gasteiger partial charge in [-0.05, 0) is 26.3 Å². The van der Waals surface area contributed by atoms with Crippen LogP contribution in [0.3, 0.4) is 0 Å². The van der Waals surface area contributed by atoms with E-state index in [2.05, 4.69) is 16.8 Å². The lowest BCUT2D eigenvalue weighted by molar-refractivity contribution is 0.169. The van der Waals surface area contributed by atoms with Gasteiger partial charge in [0, 0.05) is 38.3 Å². The Bertz CT molecular complexity index is 201. The van der Waals surface area contributed by atoms with Gasteiger partial charge in [0.1, 0.15) is 0 Å². The molecule has 3 nitrogen and oxygen atoms in total. The first-order valence-electron chi connectivity index (χ1n) is 6.95. The molecule has 0 spiro atoms. The molecule has 2 N–H and O–H groups in total. The zero-order valence-corrected chi connectivity index (χ0v) is 10.7. The van der Waals surface area contributed by atoms with Crippen LogP contribution in [0, 0.1) is 0 Å². The summed E-state index contributed by atoms with van der Waals surface area (Å²) in [4.78, 5) is 5.18. The van der Waals surface area contributed by atoms with E-state index in [0.29, 0.717) is 0 Å². The Morgan fingerprint density at radius 3 is 2.62 bits per heavy atom. The lowest BCUT2D eigenvalue weighted by Gasteiger charge is -2.32. The van der Waals surface area contributed by atoms with Gasteiger partial charge in [-0.25, -0.2) is 0 Å². The molecule has 1 aliphatic carbocycles. The molecule has 1 unspecified atom stereocenters. The molecule has 1 heterocycles. The number of hydrogen-bond acceptors (Lipinski definition) is 3. The molecule has 2 fully saturated rings. The Morgan fingerprint density at radius 2 is 1.94 bits per heavy atom. The fourth-order valence-corrected chi connectivity index (χ4v) is 3.29. The van der Waals surface area contributed by atoms with E-state index < -0.39 is 0 Å². The minimum absolute atomic E-state index is 0.755. The number of hydrogen-bond donors (Lipinski definition) is 1. The molecular formula is C13H27N3. The molecule has 0 amide bonds. The second kappa shape index (κ2) is 5.99. The smallest absolute Gasteiger partial charge is 0.0232 e. The van der Waals surface area contributed by atoms with Gasteiger partial charge >= 0.3 is 0 Å². The molecule has 2 rings (SSSR count). The van der Waals surface area contributed by atoms with E-state index in [1.54, 1.807) is 0 Å². The average molecular weight is 225 g/mol. The van der Waals surface area contributed by atoms with E-state index in [1.165, 1.54) is 51.6 Å². The van der Waals surface area contributed by atoms with E-state index in [4.69, 9.17) is 5.73 Å². The molecule has 1 atom stereocenters. The van der Waals surface area contributed by atoms with Crippen molar-refractivity contribution in [1.29, 1.82) is 0 Å². The highest BCUT2D eigenvalue weighted by Gasteiger charge is 2.30. The van der Waals surface area contributed by atoms with Gasteiger partial charge in [0.05, 0.1) is 0 Å². The summed E-state index contributed by atoms with van der Waals surface area (Å²) >= 11 is 0. The molecule has 0 radical (unpaired) electrons. The van der Waals surface area contributed by atoms with Crippen molar-refractivity contribution in [3.63, 3.8) is 0 Å². The maximum absolute atomic E-state index is 5.62. The average Bonchev–Trinajstić information content (AvgIpc) is 2.80. The van der Waals surface area contributed by atoms with E-state index in [9.17, 15) is 0 Å². The Labute approximate surface area is 100.0 Å². The van der Waals surface area contributed by atoms with E-state index >= 15 is 0 Å². The van der Waals surface area contributed by atoms with Gasteiger partial charge in [-0.3, -0.25) is 4.90 Å². The molecule has 0 aromatic rings. The van der Waals surface area contributed by atoms with Gasteiger partial charge in [-0.1, -0.05) is 19.3 Å². The summed E-state index contributed by atoms with van der Waals surface area (Å²) in [6.07, 6.45) is 8.57. The molecule has 0 aromatic heterocycles. The maximum Gasteiger partial charge on any atom is 0.0232 e. The predicted octanol–water partition coefficient (Wildman–Crippen LogP) is 1.28. The van der Waals surface area contributed by atoms with E-state index in [1.807, 2.05) is 0 Å². The summed E-state index contributed by atoms with van der Waals surface area (Å²) in [7, 11) is 2.22. The first-order valence-corrected chi connectivity index (χ1v) is 6.95. The quantitative estimate of drug-likeness (QED) is 0.782. The fourth-order valence-electron chi connectivity index (χ4n) is 3.29. The summed E-state index contributed by atoms with van der Waals surface area (Å²) < 4.78 is 0. The maximum atomic E-state index is 5.62. The third-order valence-corrected chi connectivity index (χ3v) is 4.39. The molecule has 94 valence electrons. The first kappa shape index (κ1) is 12.3. The summed E-state index contributed by atoms with van der Waals surface area (Å²) in [5.74, 6) is 0. The van der Waals surface area contributed by atoms with Crippen molar-refractivity contribution >= 4 is 0 Å². The van der Waals surface area contributed by atoms with Crippen LogP contribution in [-0.2, 0) is 0 Å². The van der Waals surface area contributed by atoms with Crippen molar-refractivity contribution in [2.75, 3.05) is 33.2 Å². The largest absolute Gasteiger partial charge is 0.329 e. The minimum Gasteiger partial charge on any atom is -0.329 e. The third-order valence-electron chi connectivity index (χ3n) is 4.39. The third kappa shape index (κ3) is 2.96. The van der Waals surface area contributed by atoms with Crippen LogP contribution in [0.1, 0.15) is 38.5 Å². The molecule has 16 heavy (non-hydrogen) atoms. The first-order chi connectivity index (χ1) is 7.81. The highest BCUT2D eigenvalue weighted by Crippen LogP contribution is 2.26. The van der Waals surface area contributed by atoms with Gasteiger partial charge in [-0.15, -0.1) is 0 Å². The summed E-state index contributed by atoms with van der Waals surface area (Å²) in [5, 5.41) is 0. The second-order valence-corrected chi connectivity index (χ2v) is 5.50. The van der Waals surface area contributed by atoms with Gasteiger partial charge in [0.25, 0.3) is 0 Å². The van der Waals surface area contributed by atoms with Crippen LogP contribution in [0.2, 0.25) is 0 Å². The highest BCUT2D eigenvalue weighted by molar-refractivity contribution is 4.87. The molecule has 1 saturated heterocycles. The summed E-state index contributed by atoms with van der Waals surface area (Å²) in [6.45, 7) is 4.42. The van der Waals surface area contributed by atoms with Crippen molar-refractivity contribution in [2.24, 2.45) is 5.73 Å². The van der Waals surface area contributed by atoms with Crippen LogP contribution in [0.5, 0.6) is 0 Å². The van der Waals surface area contributed by atoms with Crippen LogP contribution in [0.15, 0.2) is 0 Å². The molecule has 3 heteroatoms. The van der Waals surface area contributed by atoms with Gasteiger partial charge < -0.3 is 10.6 Å². The molecule has 0 aromatic carbocycles. The topological polar surface area (TPSA) is 32.5 Å². The van der Waals surface area contributed by atoms with Gasteiger partial charge in [0.15, 0.2) is 0 Å². The molecule has 1 aliphatic heterocycles. The molecular weight excluding hydrogens is 198 g/mol. The van der Waals surface area contributed by atoms with Crippen LogP contribution < -0.4 is 5.73 Å². The van der Waals surface area contributed by atoms with Crippen LogP contribution in [0.25, 0.3) is 0 Å². The SMILES string of the molecule is CN(CCN)C1CCN(C2CCCCC2)C1. The Morgan fingerprint density at radius 1 is 1.19 bits per heavy atom. The number of nitrogens with zero attached hydrogens (tertiary/aromatic N) is 2. The number of rotatable bonds is 4. The van der Waals surface area contributed by atoms with Crippen molar-refractivity contribution in [3.8, 4) is 0 Å². The number of likely N-dealkylation sites (tertiary alicyclic amines) is 1. The Balaban J connectivity index is 1.78. The molecule has 2 aliphatic rings. The minimum atomic E-state index is 0.755. The Hall–Kier alpha value is -0.120. The summed E-state index contributed by atoms with van der Waals surface area (Å²) in [5.41, 5.74) is 5.62. The lowest BCUT2D eigenvalue weighted by Crippen LogP contribution is -2.40. The predicted molar refractivity (Wildman–Crippen MR) is 68.5 cm³/mol. The van der Waals surface area contributed by atoms with Gasteiger partial charge in [0.2, 0.25) is 0 Å². The van der Waals surface area contributed by atoms with Gasteiger partial charge in [-0.2, -0.15) is 0 Å². The van der Waals surface area contributed by atoms with Crippen LogP contribution >= 0.6 is 0 Å². The standard InChI is InChI=1S/C13H27N3/c1-15(10-8-14)13-7-9-16(11-13)12-5-3-2-4-6-12/h12-13H,2-11,14H2,1H3. The number of nitrogens with two attached hydrogens (primary N) is 1. The monoisotopic (exact) mass is 225 g/mol. The lowest BCUT2D eigenvalue weighted by atomic mass is 9.94. The zero-order valence-electron chi connectivity index (χ0n) is 10.7. The number of likely N-dealkylation sites (N-methyl/N-ethyl adjacent to an activating group) is 1. The van der Waals surface area contributed by atoms with Crippen LogP contribution in [-0.4, -0.2) is 55.1 Å². The van der Waals surface area contributed by atoms with Crippen molar-refractivity contribution in [3.05, 3.63) is 0 Å². The van der Waals surface area contributed by atoms with Crippen molar-refractivity contribution < 1.29 is 0 Å². The fraction of sp³-hybridized carbons (Fsp3) is 1.00. The summed E-state index contributed by atoms with van der Waals surface area (Å²) in [6, 6.07) is 1.65. The normalized spacial score (nSPS) is 29.1. The zero-order chi connectivity index (χ0) is 11.4. The molecule has 1 saturated carbocycles. The van der Waals surface area contributed by atoms with Crippen molar-refractivity contribution in [2.45, 2.75) is 50.6 Å². The van der Waals surface area contributed by atoms with E-state index in [0.717, 1.165) is 25.2 Å². The Kier molecular flexibility index (Phi) is 4.62. The van der Waals surface area contributed by atoms with Crippen molar-refractivity contribution in [1.82, 2.24) is 9.80 Å². The van der Waals surface area contributed by atoms with E-state index in [-0.39, 0.29) is 0 Å². The second-order valence-electron chi connectivity index (χ2n) is 5.50. The van der Waals surface area contributed by atoms with Crippen LogP contribution in [0.4, 0.5) is 0 Å². The highest BCUT2D eigenvalue weighted by atomic mass is 15.3. The molecule has 0 bridgehead atoms.